The van der Waals surface area contributed by atoms with Crippen LogP contribution in [0.25, 0.3) is 0 Å². The molecule has 2 fully saturated rings. The second-order valence-corrected chi connectivity index (χ2v) is 5.30. The van der Waals surface area contributed by atoms with Gasteiger partial charge in [-0.1, -0.05) is 0 Å². The number of hydrogen-bond donors (Lipinski definition) is 0. The summed E-state index contributed by atoms with van der Waals surface area (Å²) in [5.41, 5.74) is 0.979. The van der Waals surface area contributed by atoms with Gasteiger partial charge in [0.15, 0.2) is 0 Å². The van der Waals surface area contributed by atoms with Gasteiger partial charge in [-0.2, -0.15) is 0 Å². The third kappa shape index (κ3) is 2.45. The molecule has 102 valence electrons. The SMILES string of the molecule is COc1ccc(N2CC(N3CCCC3)CC2=O)cc1. The maximum absolute atomic E-state index is 12.2. The summed E-state index contributed by atoms with van der Waals surface area (Å²) in [6.45, 7) is 3.12. The van der Waals surface area contributed by atoms with E-state index >= 15 is 0 Å². The van der Waals surface area contributed by atoms with E-state index in [1.165, 1.54) is 12.8 Å². The third-order valence-electron chi connectivity index (χ3n) is 4.15. The van der Waals surface area contributed by atoms with Crippen LogP contribution in [0.15, 0.2) is 24.3 Å². The van der Waals surface area contributed by atoms with Crippen molar-refractivity contribution in [2.45, 2.75) is 25.3 Å². The van der Waals surface area contributed by atoms with E-state index in [0.29, 0.717) is 12.5 Å². The van der Waals surface area contributed by atoms with Crippen molar-refractivity contribution in [1.82, 2.24) is 4.90 Å². The zero-order chi connectivity index (χ0) is 13.2. The zero-order valence-corrected chi connectivity index (χ0v) is 11.3. The van der Waals surface area contributed by atoms with E-state index in [2.05, 4.69) is 4.90 Å². The summed E-state index contributed by atoms with van der Waals surface area (Å²) in [5, 5.41) is 0. The number of carbonyl (C=O) groups is 1. The van der Waals surface area contributed by atoms with Crippen molar-refractivity contribution in [3.63, 3.8) is 0 Å². The molecule has 3 rings (SSSR count). The summed E-state index contributed by atoms with van der Waals surface area (Å²) in [7, 11) is 1.65. The molecule has 1 aromatic rings. The van der Waals surface area contributed by atoms with Gasteiger partial charge >= 0.3 is 0 Å². The molecular formula is C15H20N2O2. The number of ether oxygens (including phenoxy) is 1. The molecule has 19 heavy (non-hydrogen) atoms. The van der Waals surface area contributed by atoms with Gasteiger partial charge in [0.25, 0.3) is 0 Å². The number of carbonyl (C=O) groups excluding carboxylic acids is 1. The topological polar surface area (TPSA) is 32.8 Å². The first kappa shape index (κ1) is 12.5. The number of likely N-dealkylation sites (tertiary alicyclic amines) is 1. The van der Waals surface area contributed by atoms with Crippen molar-refractivity contribution in [2.24, 2.45) is 0 Å². The molecule has 1 amide bonds. The highest BCUT2D eigenvalue weighted by Crippen LogP contribution is 2.27. The summed E-state index contributed by atoms with van der Waals surface area (Å²) in [6, 6.07) is 8.14. The van der Waals surface area contributed by atoms with Gasteiger partial charge < -0.3 is 9.64 Å². The standard InChI is InChI=1S/C15H20N2O2/c1-19-14-6-4-12(5-7-14)17-11-13(10-15(17)18)16-8-2-3-9-16/h4-7,13H,2-3,8-11H2,1H3. The minimum absolute atomic E-state index is 0.238. The van der Waals surface area contributed by atoms with Crippen molar-refractivity contribution in [3.8, 4) is 5.75 Å². The van der Waals surface area contributed by atoms with Gasteiger partial charge in [0.05, 0.1) is 7.11 Å². The van der Waals surface area contributed by atoms with Gasteiger partial charge in [-0.25, -0.2) is 0 Å². The molecule has 0 bridgehead atoms. The molecule has 2 saturated heterocycles. The van der Waals surface area contributed by atoms with Crippen molar-refractivity contribution < 1.29 is 9.53 Å². The molecule has 0 saturated carbocycles. The van der Waals surface area contributed by atoms with Gasteiger partial charge in [0.2, 0.25) is 5.91 Å². The first-order valence-electron chi connectivity index (χ1n) is 6.96. The van der Waals surface area contributed by atoms with Gasteiger partial charge in [-0.05, 0) is 50.2 Å². The first-order valence-corrected chi connectivity index (χ1v) is 6.96. The van der Waals surface area contributed by atoms with E-state index in [9.17, 15) is 4.79 Å². The molecule has 1 unspecified atom stereocenters. The minimum atomic E-state index is 0.238. The second-order valence-electron chi connectivity index (χ2n) is 5.30. The molecule has 0 radical (unpaired) electrons. The fourth-order valence-electron chi connectivity index (χ4n) is 3.05. The van der Waals surface area contributed by atoms with Crippen LogP contribution in [0.5, 0.6) is 5.75 Å². The quantitative estimate of drug-likeness (QED) is 0.832. The zero-order valence-electron chi connectivity index (χ0n) is 11.3. The molecular weight excluding hydrogens is 240 g/mol. The Hall–Kier alpha value is -1.55. The van der Waals surface area contributed by atoms with Crippen molar-refractivity contribution in [3.05, 3.63) is 24.3 Å². The Bertz CT molecular complexity index is 452. The second kappa shape index (κ2) is 5.21. The van der Waals surface area contributed by atoms with Crippen LogP contribution in [0.1, 0.15) is 19.3 Å². The Kier molecular flexibility index (Phi) is 3.42. The molecule has 0 aromatic heterocycles. The van der Waals surface area contributed by atoms with Crippen LogP contribution in [0.4, 0.5) is 5.69 Å². The fourth-order valence-corrected chi connectivity index (χ4v) is 3.05. The van der Waals surface area contributed by atoms with Gasteiger partial charge in [0.1, 0.15) is 5.75 Å². The maximum Gasteiger partial charge on any atom is 0.228 e. The van der Waals surface area contributed by atoms with Crippen molar-refractivity contribution in [2.75, 3.05) is 31.6 Å². The van der Waals surface area contributed by atoms with E-state index < -0.39 is 0 Å². The Morgan fingerprint density at radius 1 is 1.16 bits per heavy atom. The summed E-state index contributed by atoms with van der Waals surface area (Å²) in [4.78, 5) is 16.5. The summed E-state index contributed by atoms with van der Waals surface area (Å²) >= 11 is 0. The van der Waals surface area contributed by atoms with Crippen LogP contribution in [0, 0.1) is 0 Å². The lowest BCUT2D eigenvalue weighted by molar-refractivity contribution is -0.117. The normalized spacial score (nSPS) is 24.2. The minimum Gasteiger partial charge on any atom is -0.497 e. The number of methoxy groups -OCH3 is 1. The maximum atomic E-state index is 12.2. The Labute approximate surface area is 113 Å². The number of anilines is 1. The molecule has 4 nitrogen and oxygen atoms in total. The number of rotatable bonds is 3. The monoisotopic (exact) mass is 260 g/mol. The Balaban J connectivity index is 1.72. The molecule has 0 spiro atoms. The van der Waals surface area contributed by atoms with Crippen LogP contribution in [-0.4, -0.2) is 43.6 Å². The third-order valence-corrected chi connectivity index (χ3v) is 4.15. The summed E-state index contributed by atoms with van der Waals surface area (Å²) < 4.78 is 5.15. The van der Waals surface area contributed by atoms with Crippen molar-refractivity contribution >= 4 is 11.6 Å². The molecule has 2 aliphatic heterocycles. The lowest BCUT2D eigenvalue weighted by Crippen LogP contribution is -2.35. The van der Waals surface area contributed by atoms with Crippen LogP contribution in [0.3, 0.4) is 0 Å². The molecule has 2 heterocycles. The Morgan fingerprint density at radius 3 is 2.47 bits per heavy atom. The first-order chi connectivity index (χ1) is 9.28. The largest absolute Gasteiger partial charge is 0.497 e. The summed E-state index contributed by atoms with van der Waals surface area (Å²) in [5.74, 6) is 1.06. The Morgan fingerprint density at radius 2 is 1.84 bits per heavy atom. The van der Waals surface area contributed by atoms with E-state index in [0.717, 1.165) is 31.1 Å². The average Bonchev–Trinajstić information content (AvgIpc) is 3.08. The van der Waals surface area contributed by atoms with Gasteiger partial charge in [-0.15, -0.1) is 0 Å². The molecule has 1 aromatic carbocycles. The van der Waals surface area contributed by atoms with E-state index in [-0.39, 0.29) is 5.91 Å². The van der Waals surface area contributed by atoms with Gasteiger partial charge in [-0.3, -0.25) is 9.69 Å². The van der Waals surface area contributed by atoms with Gasteiger partial charge in [0, 0.05) is 24.7 Å². The van der Waals surface area contributed by atoms with E-state index in [1.54, 1.807) is 7.11 Å². The number of nitrogens with zero attached hydrogens (tertiary/aromatic N) is 2. The predicted molar refractivity (Wildman–Crippen MR) is 74.6 cm³/mol. The molecule has 0 N–H and O–H groups in total. The van der Waals surface area contributed by atoms with Crippen LogP contribution in [-0.2, 0) is 4.79 Å². The summed E-state index contributed by atoms with van der Waals surface area (Å²) in [6.07, 6.45) is 3.20. The van der Waals surface area contributed by atoms with E-state index in [4.69, 9.17) is 4.74 Å². The highest BCUT2D eigenvalue weighted by atomic mass is 16.5. The van der Waals surface area contributed by atoms with E-state index in [1.807, 2.05) is 29.2 Å². The smallest absolute Gasteiger partial charge is 0.228 e. The number of benzene rings is 1. The highest BCUT2D eigenvalue weighted by molar-refractivity contribution is 5.96. The number of hydrogen-bond acceptors (Lipinski definition) is 3. The van der Waals surface area contributed by atoms with Crippen LogP contribution < -0.4 is 9.64 Å². The van der Waals surface area contributed by atoms with Crippen molar-refractivity contribution in [1.29, 1.82) is 0 Å². The van der Waals surface area contributed by atoms with Crippen LogP contribution >= 0.6 is 0 Å². The highest BCUT2D eigenvalue weighted by Gasteiger charge is 2.35. The van der Waals surface area contributed by atoms with Crippen LogP contribution in [0.2, 0.25) is 0 Å². The molecule has 2 aliphatic rings. The molecule has 0 aliphatic carbocycles. The fraction of sp³-hybridized carbons (Fsp3) is 0.533. The lowest BCUT2D eigenvalue weighted by atomic mass is 10.2. The average molecular weight is 260 g/mol. The molecule has 4 heteroatoms. The molecule has 1 atom stereocenters. The number of amides is 1. The predicted octanol–water partition coefficient (Wildman–Crippen LogP) is 1.90. The lowest BCUT2D eigenvalue weighted by Gasteiger charge is -2.23.